The summed E-state index contributed by atoms with van der Waals surface area (Å²) in [5.41, 5.74) is 2.61. The summed E-state index contributed by atoms with van der Waals surface area (Å²) in [6.07, 6.45) is 2.54. The SMILES string of the molecule is Cc1nnc(-c2ccc(C3=CCN(Cc4ccc5nc(C)c(=O)[nH]c5c4F)CC3)c(F)n2)[nH]1. The standard InChI is InChI=1S/C23H21F2N7O/c1-12-23(33)29-20-17(26-12)5-3-15(19(20)24)11-32-9-7-14(8-10-32)16-4-6-18(28-21(16)25)22-27-13(2)30-31-22/h3-7H,8-11H2,1-2H3,(H,29,33)(H,27,30,31). The zero-order chi connectivity index (χ0) is 23.1. The van der Waals surface area contributed by atoms with E-state index < -0.39 is 17.3 Å². The van der Waals surface area contributed by atoms with E-state index in [0.29, 0.717) is 65.7 Å². The molecule has 1 aromatic carbocycles. The van der Waals surface area contributed by atoms with Gasteiger partial charge < -0.3 is 9.97 Å². The Hall–Kier alpha value is -3.79. The van der Waals surface area contributed by atoms with Crippen LogP contribution >= 0.6 is 0 Å². The fourth-order valence-electron chi connectivity index (χ4n) is 3.99. The lowest BCUT2D eigenvalue weighted by atomic mass is 10.00. The smallest absolute Gasteiger partial charge is 0.269 e. The molecule has 0 aliphatic carbocycles. The van der Waals surface area contributed by atoms with Gasteiger partial charge in [0.1, 0.15) is 22.7 Å². The van der Waals surface area contributed by atoms with Gasteiger partial charge in [0.25, 0.3) is 5.56 Å². The molecule has 0 unspecified atom stereocenters. The number of fused-ring (bicyclic) bond motifs is 1. The van der Waals surface area contributed by atoms with Crippen LogP contribution in [0, 0.1) is 25.6 Å². The van der Waals surface area contributed by atoms with Gasteiger partial charge in [-0.05, 0) is 44.0 Å². The van der Waals surface area contributed by atoms with Gasteiger partial charge in [0.15, 0.2) is 11.6 Å². The molecule has 0 radical (unpaired) electrons. The number of nitrogens with one attached hydrogen (secondary N) is 2. The third-order valence-corrected chi connectivity index (χ3v) is 5.78. The van der Waals surface area contributed by atoms with Gasteiger partial charge in [-0.15, -0.1) is 10.2 Å². The number of rotatable bonds is 4. The average Bonchev–Trinajstić information content (AvgIpc) is 3.24. The maximum absolute atomic E-state index is 15.0. The predicted octanol–water partition coefficient (Wildman–Crippen LogP) is 3.29. The van der Waals surface area contributed by atoms with Crippen molar-refractivity contribution >= 4 is 16.6 Å². The largest absolute Gasteiger partial charge is 0.324 e. The molecule has 0 spiro atoms. The molecule has 0 saturated carbocycles. The average molecular weight is 449 g/mol. The van der Waals surface area contributed by atoms with Crippen LogP contribution in [0.15, 0.2) is 35.1 Å². The second-order valence-corrected chi connectivity index (χ2v) is 8.09. The van der Waals surface area contributed by atoms with Crippen LogP contribution in [0.2, 0.25) is 0 Å². The van der Waals surface area contributed by atoms with Crippen molar-refractivity contribution < 1.29 is 8.78 Å². The topological polar surface area (TPSA) is 103 Å². The monoisotopic (exact) mass is 449 g/mol. The Morgan fingerprint density at radius 1 is 1.06 bits per heavy atom. The number of benzene rings is 1. The number of halogens is 2. The third kappa shape index (κ3) is 4.05. The lowest BCUT2D eigenvalue weighted by Gasteiger charge is -2.26. The van der Waals surface area contributed by atoms with Crippen LogP contribution in [0.4, 0.5) is 8.78 Å². The molecule has 3 aromatic heterocycles. The molecule has 0 amide bonds. The highest BCUT2D eigenvalue weighted by Gasteiger charge is 2.19. The number of pyridine rings is 1. The zero-order valence-electron chi connectivity index (χ0n) is 18.1. The van der Waals surface area contributed by atoms with Crippen molar-refractivity contribution in [2.45, 2.75) is 26.8 Å². The Kier molecular flexibility index (Phi) is 5.29. The van der Waals surface area contributed by atoms with Gasteiger partial charge in [-0.1, -0.05) is 12.1 Å². The van der Waals surface area contributed by atoms with Crippen LogP contribution in [0.5, 0.6) is 0 Å². The van der Waals surface area contributed by atoms with E-state index in [1.807, 2.05) is 6.08 Å². The highest BCUT2D eigenvalue weighted by Crippen LogP contribution is 2.27. The van der Waals surface area contributed by atoms with Crippen molar-refractivity contribution in [2.75, 3.05) is 13.1 Å². The molecule has 1 aliphatic heterocycles. The van der Waals surface area contributed by atoms with Crippen LogP contribution in [0.3, 0.4) is 0 Å². The van der Waals surface area contributed by atoms with Gasteiger partial charge in [0.05, 0.1) is 5.52 Å². The first kappa shape index (κ1) is 21.1. The third-order valence-electron chi connectivity index (χ3n) is 5.78. The highest BCUT2D eigenvalue weighted by atomic mass is 19.1. The second-order valence-electron chi connectivity index (χ2n) is 8.09. The summed E-state index contributed by atoms with van der Waals surface area (Å²) in [6, 6.07) is 6.81. The molecule has 33 heavy (non-hydrogen) atoms. The van der Waals surface area contributed by atoms with E-state index in [-0.39, 0.29) is 5.52 Å². The van der Waals surface area contributed by atoms with Gasteiger partial charge >= 0.3 is 0 Å². The van der Waals surface area contributed by atoms with Crippen LogP contribution < -0.4 is 5.56 Å². The van der Waals surface area contributed by atoms with E-state index in [1.54, 1.807) is 38.1 Å². The van der Waals surface area contributed by atoms with Crippen LogP contribution in [0.25, 0.3) is 28.1 Å². The molecule has 5 rings (SSSR count). The van der Waals surface area contributed by atoms with Crippen LogP contribution in [-0.4, -0.2) is 48.1 Å². The summed E-state index contributed by atoms with van der Waals surface area (Å²) in [4.78, 5) is 27.6. The summed E-state index contributed by atoms with van der Waals surface area (Å²) in [6.45, 7) is 4.89. The van der Waals surface area contributed by atoms with Gasteiger partial charge in [0, 0.05) is 30.8 Å². The molecule has 10 heteroatoms. The number of aromatic amines is 2. The lowest BCUT2D eigenvalue weighted by Crippen LogP contribution is -2.28. The fourth-order valence-corrected chi connectivity index (χ4v) is 3.99. The summed E-state index contributed by atoms with van der Waals surface area (Å²) < 4.78 is 29.7. The zero-order valence-corrected chi connectivity index (χ0v) is 18.1. The summed E-state index contributed by atoms with van der Waals surface area (Å²) >= 11 is 0. The highest BCUT2D eigenvalue weighted by molar-refractivity contribution is 5.75. The first-order chi connectivity index (χ1) is 15.9. The molecule has 2 N–H and O–H groups in total. The van der Waals surface area contributed by atoms with Crippen molar-refractivity contribution in [3.8, 4) is 11.5 Å². The van der Waals surface area contributed by atoms with Gasteiger partial charge in [-0.3, -0.25) is 9.69 Å². The molecule has 0 bridgehead atoms. The Bertz CT molecular complexity index is 1460. The van der Waals surface area contributed by atoms with Crippen molar-refractivity contribution in [2.24, 2.45) is 0 Å². The Balaban J connectivity index is 1.33. The van der Waals surface area contributed by atoms with Crippen LogP contribution in [0.1, 0.15) is 29.1 Å². The summed E-state index contributed by atoms with van der Waals surface area (Å²) in [5, 5.41) is 7.82. The minimum Gasteiger partial charge on any atom is -0.324 e. The molecule has 168 valence electrons. The van der Waals surface area contributed by atoms with E-state index >= 15 is 0 Å². The van der Waals surface area contributed by atoms with Crippen molar-refractivity contribution in [3.05, 3.63) is 75.1 Å². The molecule has 0 atom stereocenters. The summed E-state index contributed by atoms with van der Waals surface area (Å²) in [5.74, 6) is 0.0201. The van der Waals surface area contributed by atoms with E-state index in [2.05, 4.69) is 35.0 Å². The maximum atomic E-state index is 15.0. The molecular formula is C23H21F2N7O. The quantitative estimate of drug-likeness (QED) is 0.464. The maximum Gasteiger partial charge on any atom is 0.269 e. The number of hydrogen-bond acceptors (Lipinski definition) is 6. The first-order valence-electron chi connectivity index (χ1n) is 10.5. The van der Waals surface area contributed by atoms with Gasteiger partial charge in [0.2, 0.25) is 5.95 Å². The Morgan fingerprint density at radius 3 is 2.61 bits per heavy atom. The molecule has 4 aromatic rings. The minimum absolute atomic E-state index is 0.117. The second kappa shape index (κ2) is 8.28. The molecule has 1 aliphatic rings. The molecule has 0 saturated heterocycles. The Morgan fingerprint density at radius 2 is 1.91 bits per heavy atom. The van der Waals surface area contributed by atoms with E-state index in [9.17, 15) is 13.6 Å². The first-order valence-corrected chi connectivity index (χ1v) is 10.5. The number of nitrogens with zero attached hydrogens (tertiary/aromatic N) is 5. The molecular weight excluding hydrogens is 428 g/mol. The number of aryl methyl sites for hydroxylation is 2. The van der Waals surface area contributed by atoms with Gasteiger partial charge in [-0.2, -0.15) is 4.39 Å². The van der Waals surface area contributed by atoms with E-state index in [0.717, 1.165) is 5.57 Å². The molecule has 8 nitrogen and oxygen atoms in total. The van der Waals surface area contributed by atoms with Gasteiger partial charge in [-0.25, -0.2) is 14.4 Å². The van der Waals surface area contributed by atoms with E-state index in [4.69, 9.17) is 0 Å². The minimum atomic E-state index is -0.562. The van der Waals surface area contributed by atoms with Crippen molar-refractivity contribution in [1.82, 2.24) is 35.0 Å². The predicted molar refractivity (Wildman–Crippen MR) is 119 cm³/mol. The molecule has 4 heterocycles. The van der Waals surface area contributed by atoms with Crippen molar-refractivity contribution in [1.29, 1.82) is 0 Å². The number of hydrogen-bond donors (Lipinski definition) is 2. The van der Waals surface area contributed by atoms with E-state index in [1.165, 1.54) is 0 Å². The normalized spacial score (nSPS) is 14.6. The van der Waals surface area contributed by atoms with Crippen molar-refractivity contribution in [3.63, 3.8) is 0 Å². The fraction of sp³-hybridized carbons (Fsp3) is 0.261. The van der Waals surface area contributed by atoms with Crippen LogP contribution in [-0.2, 0) is 6.54 Å². The molecule has 0 fully saturated rings. The summed E-state index contributed by atoms with van der Waals surface area (Å²) in [7, 11) is 0. The Labute approximate surface area is 187 Å². The number of H-pyrrole nitrogens is 2. The number of aromatic nitrogens is 6. The lowest BCUT2D eigenvalue weighted by molar-refractivity contribution is 0.289.